The van der Waals surface area contributed by atoms with E-state index in [1.165, 1.54) is 20.5 Å². The summed E-state index contributed by atoms with van der Waals surface area (Å²) in [6.07, 6.45) is 1.82. The van der Waals surface area contributed by atoms with Gasteiger partial charge in [-0.2, -0.15) is 0 Å². The van der Waals surface area contributed by atoms with Crippen LogP contribution in [0.4, 0.5) is 11.4 Å². The lowest BCUT2D eigenvalue weighted by atomic mass is 10.2. The molecule has 5 nitrogen and oxygen atoms in total. The molecule has 3 aromatic rings. The number of rotatable bonds is 4. The number of para-hydroxylation sites is 2. The Morgan fingerprint density at radius 2 is 1.50 bits per heavy atom. The predicted molar refractivity (Wildman–Crippen MR) is 104 cm³/mol. The molecule has 0 saturated heterocycles. The van der Waals surface area contributed by atoms with Crippen LogP contribution in [0, 0.1) is 0 Å². The van der Waals surface area contributed by atoms with Crippen LogP contribution in [0.5, 0.6) is 0 Å². The number of nitrogens with one attached hydrogen (secondary N) is 1. The molecule has 1 aliphatic heterocycles. The van der Waals surface area contributed by atoms with Gasteiger partial charge in [0, 0.05) is 35.0 Å². The Labute approximate surface area is 155 Å². The Bertz CT molecular complexity index is 970. The molecule has 1 aliphatic rings. The van der Waals surface area contributed by atoms with Gasteiger partial charge in [0.1, 0.15) is 0 Å². The molecule has 26 heavy (non-hydrogen) atoms. The number of amides is 1. The fourth-order valence-corrected chi connectivity index (χ4v) is 4.04. The molecule has 0 spiro atoms. The summed E-state index contributed by atoms with van der Waals surface area (Å²) in [5.41, 5.74) is 4.57. The van der Waals surface area contributed by atoms with Crippen LogP contribution in [-0.2, 0) is 4.79 Å². The van der Waals surface area contributed by atoms with E-state index in [9.17, 15) is 9.59 Å². The lowest BCUT2D eigenvalue weighted by Gasteiger charge is -2.32. The van der Waals surface area contributed by atoms with E-state index in [0.717, 1.165) is 11.4 Å². The van der Waals surface area contributed by atoms with E-state index in [-0.39, 0.29) is 17.9 Å². The Kier molecular flexibility index (Phi) is 4.50. The Hall–Kier alpha value is -2.99. The highest BCUT2D eigenvalue weighted by molar-refractivity contribution is 7.99. The minimum atomic E-state index is -0.258. The lowest BCUT2D eigenvalue weighted by molar-refractivity contribution is -0.116. The number of hydrogen-bond donors (Lipinski definition) is 1. The molecule has 1 N–H and O–H groups in total. The quantitative estimate of drug-likeness (QED) is 0.769. The zero-order chi connectivity index (χ0) is 17.9. The number of fused-ring (bicyclic) bond motifs is 2. The molecule has 2 aromatic carbocycles. The van der Waals surface area contributed by atoms with Crippen molar-refractivity contribution in [3.05, 3.63) is 83.3 Å². The highest BCUT2D eigenvalue weighted by Crippen LogP contribution is 2.47. The van der Waals surface area contributed by atoms with E-state index in [1.54, 1.807) is 30.1 Å². The topological polar surface area (TPSA) is 54.3 Å². The zero-order valence-electron chi connectivity index (χ0n) is 14.0. The van der Waals surface area contributed by atoms with E-state index in [1.807, 2.05) is 24.3 Å². The molecule has 130 valence electrons. The second-order valence-electron chi connectivity index (χ2n) is 5.88. The van der Waals surface area contributed by atoms with Gasteiger partial charge >= 0.3 is 0 Å². The van der Waals surface area contributed by atoms with Crippen molar-refractivity contribution in [1.29, 1.82) is 0 Å². The molecule has 2 heterocycles. The number of hydrogen-bond acceptors (Lipinski definition) is 4. The van der Waals surface area contributed by atoms with E-state index in [4.69, 9.17) is 0 Å². The third kappa shape index (κ3) is 3.23. The molecule has 0 unspecified atom stereocenters. The molecule has 0 saturated carbocycles. The largest absolute Gasteiger partial charge is 0.339 e. The van der Waals surface area contributed by atoms with E-state index in [2.05, 4.69) is 34.6 Å². The molecule has 6 heteroatoms. The molecule has 1 aromatic heterocycles. The number of aromatic nitrogens is 1. The third-order valence-electron chi connectivity index (χ3n) is 4.16. The van der Waals surface area contributed by atoms with Crippen LogP contribution in [0.25, 0.3) is 0 Å². The fourth-order valence-electron chi connectivity index (χ4n) is 2.95. The van der Waals surface area contributed by atoms with Crippen LogP contribution >= 0.6 is 11.8 Å². The lowest BCUT2D eigenvalue weighted by Crippen LogP contribution is -2.34. The maximum absolute atomic E-state index is 12.3. The van der Waals surface area contributed by atoms with Crippen molar-refractivity contribution < 1.29 is 4.79 Å². The number of pyridine rings is 1. The average molecular weight is 363 g/mol. The molecular weight excluding hydrogens is 346 g/mol. The monoisotopic (exact) mass is 363 g/mol. The summed E-state index contributed by atoms with van der Waals surface area (Å²) in [5, 5.41) is 0. The summed E-state index contributed by atoms with van der Waals surface area (Å²) in [6, 6.07) is 21.1. The van der Waals surface area contributed by atoms with Crippen molar-refractivity contribution >= 4 is 29.0 Å². The van der Waals surface area contributed by atoms with Gasteiger partial charge in [-0.05, 0) is 30.3 Å². The first kappa shape index (κ1) is 16.5. The van der Waals surface area contributed by atoms with E-state index < -0.39 is 0 Å². The van der Waals surface area contributed by atoms with Crippen LogP contribution in [-0.4, -0.2) is 17.1 Å². The van der Waals surface area contributed by atoms with Gasteiger partial charge in [-0.1, -0.05) is 42.1 Å². The summed E-state index contributed by atoms with van der Waals surface area (Å²) < 4.78 is 1.20. The molecule has 0 fully saturated rings. The number of anilines is 2. The maximum atomic E-state index is 12.3. The van der Waals surface area contributed by atoms with Gasteiger partial charge in [-0.25, -0.2) is 4.68 Å². The molecule has 0 radical (unpaired) electrons. The van der Waals surface area contributed by atoms with E-state index in [0.29, 0.717) is 6.54 Å². The summed E-state index contributed by atoms with van der Waals surface area (Å²) >= 11 is 1.74. The molecule has 4 rings (SSSR count). The normalized spacial score (nSPS) is 12.2. The summed E-state index contributed by atoms with van der Waals surface area (Å²) in [4.78, 5) is 28.6. The molecular formula is C20H17N3O2S. The van der Waals surface area contributed by atoms with Crippen molar-refractivity contribution in [2.75, 3.05) is 16.9 Å². The maximum Gasteiger partial charge on any atom is 0.269 e. The van der Waals surface area contributed by atoms with Gasteiger partial charge in [-0.15, -0.1) is 0 Å². The Balaban J connectivity index is 1.54. The highest BCUT2D eigenvalue weighted by Gasteiger charge is 2.23. The van der Waals surface area contributed by atoms with Crippen LogP contribution in [0.3, 0.4) is 0 Å². The first-order valence-corrected chi connectivity index (χ1v) is 9.15. The van der Waals surface area contributed by atoms with Gasteiger partial charge in [0.15, 0.2) is 0 Å². The van der Waals surface area contributed by atoms with Crippen LogP contribution < -0.4 is 15.9 Å². The first-order chi connectivity index (χ1) is 12.7. The van der Waals surface area contributed by atoms with Gasteiger partial charge in [0.2, 0.25) is 5.91 Å². The predicted octanol–water partition coefficient (Wildman–Crippen LogP) is 3.61. The van der Waals surface area contributed by atoms with Crippen LogP contribution in [0.1, 0.15) is 6.42 Å². The first-order valence-electron chi connectivity index (χ1n) is 8.33. The number of carbonyl (C=O) groups excluding carboxylic acids is 1. The Morgan fingerprint density at radius 3 is 2.15 bits per heavy atom. The van der Waals surface area contributed by atoms with E-state index >= 15 is 0 Å². The molecule has 0 bridgehead atoms. The second kappa shape index (κ2) is 7.09. The molecule has 0 aliphatic carbocycles. The minimum Gasteiger partial charge on any atom is -0.339 e. The van der Waals surface area contributed by atoms with Crippen molar-refractivity contribution in [3.63, 3.8) is 0 Å². The number of nitrogens with zero attached hydrogens (tertiary/aromatic N) is 2. The highest BCUT2D eigenvalue weighted by atomic mass is 32.2. The van der Waals surface area contributed by atoms with Crippen molar-refractivity contribution in [2.24, 2.45) is 0 Å². The second-order valence-corrected chi connectivity index (χ2v) is 6.97. The Morgan fingerprint density at radius 1 is 0.885 bits per heavy atom. The number of carbonyl (C=O) groups is 1. The standard InChI is InChI=1S/C20H17N3O2S/c24-19(21-23-13-6-5-11-20(23)25)12-14-22-15-7-1-3-9-17(15)26-18-10-4-2-8-16(18)22/h1-11,13H,12,14H2,(H,21,24). The van der Waals surface area contributed by atoms with Crippen molar-refractivity contribution in [3.8, 4) is 0 Å². The van der Waals surface area contributed by atoms with Crippen molar-refractivity contribution in [1.82, 2.24) is 4.68 Å². The minimum absolute atomic E-state index is 0.202. The van der Waals surface area contributed by atoms with Gasteiger partial charge in [0.25, 0.3) is 5.56 Å². The van der Waals surface area contributed by atoms with Gasteiger partial charge in [-0.3, -0.25) is 15.0 Å². The van der Waals surface area contributed by atoms with Crippen molar-refractivity contribution in [2.45, 2.75) is 16.2 Å². The smallest absolute Gasteiger partial charge is 0.269 e. The van der Waals surface area contributed by atoms with Gasteiger partial charge < -0.3 is 4.90 Å². The number of benzene rings is 2. The average Bonchev–Trinajstić information content (AvgIpc) is 2.67. The third-order valence-corrected chi connectivity index (χ3v) is 5.29. The fraction of sp³-hybridized carbons (Fsp3) is 0.100. The van der Waals surface area contributed by atoms with Gasteiger partial charge in [0.05, 0.1) is 11.4 Å². The van der Waals surface area contributed by atoms with Crippen LogP contribution in [0.15, 0.2) is 87.5 Å². The summed E-state index contributed by atoms with van der Waals surface area (Å²) in [5.74, 6) is -0.202. The molecule has 1 amide bonds. The molecule has 0 atom stereocenters. The SMILES string of the molecule is O=C(CCN1c2ccccc2Sc2ccccc21)Nn1ccccc1=O. The van der Waals surface area contributed by atoms with Crippen LogP contribution in [0.2, 0.25) is 0 Å². The summed E-state index contributed by atoms with van der Waals surface area (Å²) in [7, 11) is 0. The summed E-state index contributed by atoms with van der Waals surface area (Å²) in [6.45, 7) is 0.530. The zero-order valence-corrected chi connectivity index (χ0v) is 14.8.